The van der Waals surface area contributed by atoms with Gasteiger partial charge in [0.1, 0.15) is 5.75 Å². The van der Waals surface area contributed by atoms with Crippen LogP contribution in [0.15, 0.2) is 18.2 Å². The van der Waals surface area contributed by atoms with Crippen molar-refractivity contribution in [3.63, 3.8) is 0 Å². The summed E-state index contributed by atoms with van der Waals surface area (Å²) in [5.74, 6) is 0.408. The minimum absolute atomic E-state index is 0.125. The fourth-order valence-electron chi connectivity index (χ4n) is 2.89. The summed E-state index contributed by atoms with van der Waals surface area (Å²) >= 11 is 0. The van der Waals surface area contributed by atoms with Gasteiger partial charge in [-0.05, 0) is 54.5 Å². The Balaban J connectivity index is 3.00. The van der Waals surface area contributed by atoms with Crippen LogP contribution in [0, 0.1) is 5.41 Å². The van der Waals surface area contributed by atoms with Crippen LogP contribution in [0.5, 0.6) is 5.75 Å². The quantitative estimate of drug-likeness (QED) is 0.845. The summed E-state index contributed by atoms with van der Waals surface area (Å²) in [7, 11) is 1.93. The van der Waals surface area contributed by atoms with Crippen molar-refractivity contribution in [3.8, 4) is 5.75 Å². The number of phenols is 1. The molecule has 2 heteroatoms. The molecule has 0 fully saturated rings. The lowest BCUT2D eigenvalue weighted by atomic mass is 9.72. The van der Waals surface area contributed by atoms with Crippen LogP contribution < -0.4 is 5.32 Å². The van der Waals surface area contributed by atoms with Crippen molar-refractivity contribution >= 4 is 0 Å². The summed E-state index contributed by atoms with van der Waals surface area (Å²) in [6, 6.07) is 6.06. The third-order valence-corrected chi connectivity index (χ3v) is 3.48. The van der Waals surface area contributed by atoms with Gasteiger partial charge in [0.15, 0.2) is 0 Å². The van der Waals surface area contributed by atoms with E-state index in [1.807, 2.05) is 13.1 Å². The van der Waals surface area contributed by atoms with Crippen molar-refractivity contribution in [1.29, 1.82) is 0 Å². The molecule has 0 aliphatic heterocycles. The number of rotatable bonds is 5. The molecular formula is C17H29NO. The van der Waals surface area contributed by atoms with Gasteiger partial charge in [-0.25, -0.2) is 0 Å². The van der Waals surface area contributed by atoms with Crippen molar-refractivity contribution in [1.82, 2.24) is 5.32 Å². The van der Waals surface area contributed by atoms with Gasteiger partial charge in [0.05, 0.1) is 0 Å². The third-order valence-electron chi connectivity index (χ3n) is 3.48. The second-order valence-electron chi connectivity index (χ2n) is 7.32. The van der Waals surface area contributed by atoms with Crippen molar-refractivity contribution < 1.29 is 5.11 Å². The second kappa shape index (κ2) is 5.96. The van der Waals surface area contributed by atoms with Crippen molar-refractivity contribution in [2.24, 2.45) is 5.41 Å². The first-order valence-electron chi connectivity index (χ1n) is 7.13. The Bertz CT molecular complexity index is 416. The van der Waals surface area contributed by atoms with Crippen molar-refractivity contribution in [2.75, 3.05) is 13.6 Å². The number of aromatic hydroxyl groups is 1. The maximum atomic E-state index is 9.93. The Morgan fingerprint density at radius 2 is 1.74 bits per heavy atom. The normalized spacial score (nSPS) is 12.7. The molecule has 2 nitrogen and oxygen atoms in total. The predicted molar refractivity (Wildman–Crippen MR) is 82.8 cm³/mol. The van der Waals surface area contributed by atoms with Crippen LogP contribution in [0.25, 0.3) is 0 Å². The molecule has 0 radical (unpaired) electrons. The highest BCUT2D eigenvalue weighted by Crippen LogP contribution is 2.37. The van der Waals surface area contributed by atoms with E-state index >= 15 is 0 Å². The number of likely N-dealkylation sites (N-methyl/N-ethyl adjacent to an activating group) is 1. The SMILES string of the molecule is CNCCc1cc(C(C)(C)CC(C)(C)C)ccc1O. The Kier molecular flexibility index (Phi) is 5.03. The highest BCUT2D eigenvalue weighted by molar-refractivity contribution is 5.39. The smallest absolute Gasteiger partial charge is 0.118 e. The molecule has 1 aromatic rings. The van der Waals surface area contributed by atoms with Gasteiger partial charge in [-0.3, -0.25) is 0 Å². The van der Waals surface area contributed by atoms with E-state index in [9.17, 15) is 5.11 Å². The Labute approximate surface area is 118 Å². The molecule has 1 rings (SSSR count). The Morgan fingerprint density at radius 1 is 1.11 bits per heavy atom. The van der Waals surface area contributed by atoms with Crippen LogP contribution in [0.3, 0.4) is 0 Å². The molecule has 19 heavy (non-hydrogen) atoms. The van der Waals surface area contributed by atoms with Gasteiger partial charge in [0.2, 0.25) is 0 Å². The molecular weight excluding hydrogens is 234 g/mol. The standard InChI is InChI=1S/C17H29NO/c1-16(2,3)12-17(4,5)14-7-8-15(19)13(11-14)9-10-18-6/h7-8,11,18-19H,9-10,12H2,1-6H3. The summed E-state index contributed by atoms with van der Waals surface area (Å²) in [5, 5.41) is 13.1. The van der Waals surface area contributed by atoms with Crippen molar-refractivity contribution in [3.05, 3.63) is 29.3 Å². The minimum Gasteiger partial charge on any atom is -0.508 e. The zero-order valence-electron chi connectivity index (χ0n) is 13.3. The number of benzene rings is 1. The summed E-state index contributed by atoms with van der Waals surface area (Å²) in [6.45, 7) is 12.3. The van der Waals surface area contributed by atoms with Gasteiger partial charge in [0.25, 0.3) is 0 Å². The third kappa shape index (κ3) is 4.87. The molecule has 108 valence electrons. The van der Waals surface area contributed by atoms with Crippen LogP contribution in [-0.2, 0) is 11.8 Å². The van der Waals surface area contributed by atoms with Gasteiger partial charge in [-0.2, -0.15) is 0 Å². The Hall–Kier alpha value is -1.02. The first-order chi connectivity index (χ1) is 8.65. The second-order valence-corrected chi connectivity index (χ2v) is 7.32. The minimum atomic E-state index is 0.125. The Morgan fingerprint density at radius 3 is 2.26 bits per heavy atom. The van der Waals surface area contributed by atoms with Gasteiger partial charge in [-0.1, -0.05) is 46.8 Å². The molecule has 0 atom stereocenters. The van der Waals surface area contributed by atoms with E-state index in [2.05, 4.69) is 52.1 Å². The van der Waals surface area contributed by atoms with Crippen LogP contribution in [0.2, 0.25) is 0 Å². The average molecular weight is 263 g/mol. The highest BCUT2D eigenvalue weighted by Gasteiger charge is 2.27. The summed E-state index contributed by atoms with van der Waals surface area (Å²) in [4.78, 5) is 0. The molecule has 0 aliphatic rings. The first-order valence-corrected chi connectivity index (χ1v) is 7.13. The van der Waals surface area contributed by atoms with Crippen LogP contribution in [0.4, 0.5) is 0 Å². The van der Waals surface area contributed by atoms with Crippen LogP contribution in [0.1, 0.15) is 52.2 Å². The lowest BCUT2D eigenvalue weighted by molar-refractivity contribution is 0.284. The molecule has 0 aliphatic carbocycles. The fourth-order valence-corrected chi connectivity index (χ4v) is 2.89. The van der Waals surface area contributed by atoms with E-state index in [1.54, 1.807) is 0 Å². The maximum Gasteiger partial charge on any atom is 0.118 e. The summed E-state index contributed by atoms with van der Waals surface area (Å²) in [5.41, 5.74) is 2.77. The highest BCUT2D eigenvalue weighted by atomic mass is 16.3. The molecule has 0 spiro atoms. The number of phenolic OH excluding ortho intramolecular Hbond substituents is 1. The first kappa shape index (κ1) is 16.0. The van der Waals surface area contributed by atoms with E-state index < -0.39 is 0 Å². The summed E-state index contributed by atoms with van der Waals surface area (Å²) in [6.07, 6.45) is 1.98. The molecule has 0 bridgehead atoms. The molecule has 0 aromatic heterocycles. The van der Waals surface area contributed by atoms with Gasteiger partial charge in [-0.15, -0.1) is 0 Å². The average Bonchev–Trinajstić information content (AvgIpc) is 2.24. The molecule has 0 saturated carbocycles. The van der Waals surface area contributed by atoms with Gasteiger partial charge >= 0.3 is 0 Å². The number of hydrogen-bond acceptors (Lipinski definition) is 2. The molecule has 1 aromatic carbocycles. The summed E-state index contributed by atoms with van der Waals surface area (Å²) < 4.78 is 0. The molecule has 0 saturated heterocycles. The molecule has 2 N–H and O–H groups in total. The van der Waals surface area contributed by atoms with Crippen LogP contribution in [-0.4, -0.2) is 18.7 Å². The molecule has 0 heterocycles. The van der Waals surface area contributed by atoms with E-state index in [4.69, 9.17) is 0 Å². The fraction of sp³-hybridized carbons (Fsp3) is 0.647. The molecule has 0 amide bonds. The van der Waals surface area contributed by atoms with Crippen LogP contribution >= 0.6 is 0 Å². The lowest BCUT2D eigenvalue weighted by Crippen LogP contribution is -2.25. The number of nitrogens with one attached hydrogen (secondary N) is 1. The zero-order chi connectivity index (χ0) is 14.7. The van der Waals surface area contributed by atoms with E-state index in [1.165, 1.54) is 5.56 Å². The van der Waals surface area contributed by atoms with E-state index in [0.717, 1.165) is 24.9 Å². The molecule has 0 unspecified atom stereocenters. The topological polar surface area (TPSA) is 32.3 Å². The van der Waals surface area contributed by atoms with E-state index in [-0.39, 0.29) is 5.41 Å². The lowest BCUT2D eigenvalue weighted by Gasteiger charge is -2.33. The number of hydrogen-bond donors (Lipinski definition) is 2. The maximum absolute atomic E-state index is 9.93. The van der Waals surface area contributed by atoms with E-state index in [0.29, 0.717) is 11.2 Å². The van der Waals surface area contributed by atoms with Gasteiger partial charge < -0.3 is 10.4 Å². The zero-order valence-corrected chi connectivity index (χ0v) is 13.3. The van der Waals surface area contributed by atoms with Crippen molar-refractivity contribution in [2.45, 2.75) is 52.9 Å². The monoisotopic (exact) mass is 263 g/mol. The predicted octanol–water partition coefficient (Wildman–Crippen LogP) is 3.87. The largest absolute Gasteiger partial charge is 0.508 e. The van der Waals surface area contributed by atoms with Gasteiger partial charge in [0, 0.05) is 0 Å².